The fourth-order valence-electron chi connectivity index (χ4n) is 1.09. The van der Waals surface area contributed by atoms with Crippen LogP contribution in [0, 0.1) is 0 Å². The molecule has 0 heterocycles. The molecule has 0 spiro atoms. The maximum absolute atomic E-state index is 9.10. The first-order valence-electron chi connectivity index (χ1n) is 3.17. The van der Waals surface area contributed by atoms with Crippen LogP contribution in [0.4, 0.5) is 0 Å². The molecule has 0 bridgehead atoms. The molecular weight excluding hydrogens is 120 g/mol. The molecule has 48 valence electrons. The van der Waals surface area contributed by atoms with Gasteiger partial charge in [-0.05, 0) is 12.8 Å². The van der Waals surface area contributed by atoms with Crippen LogP contribution in [0.2, 0.25) is 0 Å². The fourth-order valence-corrected chi connectivity index (χ4v) is 1.42. The number of thiol groups is 1. The van der Waals surface area contributed by atoms with Crippen molar-refractivity contribution in [3.05, 3.63) is 0 Å². The first-order chi connectivity index (χ1) is 3.80. The van der Waals surface area contributed by atoms with E-state index in [1.807, 2.05) is 0 Å². The van der Waals surface area contributed by atoms with Crippen LogP contribution in [-0.4, -0.2) is 16.5 Å². The molecule has 1 nitrogen and oxygen atoms in total. The van der Waals surface area contributed by atoms with Gasteiger partial charge in [-0.15, -0.1) is 0 Å². The van der Waals surface area contributed by atoms with Crippen molar-refractivity contribution in [1.82, 2.24) is 0 Å². The smallest absolute Gasteiger partial charge is 0.0656 e. The summed E-state index contributed by atoms with van der Waals surface area (Å²) in [4.78, 5) is 0. The summed E-state index contributed by atoms with van der Waals surface area (Å²) < 4.78 is 0. The molecule has 2 atom stereocenters. The van der Waals surface area contributed by atoms with E-state index in [1.165, 1.54) is 12.8 Å². The van der Waals surface area contributed by atoms with Crippen molar-refractivity contribution in [2.24, 2.45) is 0 Å². The third-order valence-corrected chi connectivity index (χ3v) is 2.30. The molecule has 0 aromatic carbocycles. The number of hydrogen-bond donors (Lipinski definition) is 2. The average Bonchev–Trinajstić information content (AvgIpc) is 1.77. The van der Waals surface area contributed by atoms with E-state index < -0.39 is 0 Å². The molecule has 0 radical (unpaired) electrons. The molecular formula is C6H12OS. The molecule has 2 heteroatoms. The van der Waals surface area contributed by atoms with Gasteiger partial charge in [0, 0.05) is 5.25 Å². The van der Waals surface area contributed by atoms with E-state index in [1.54, 1.807) is 0 Å². The Morgan fingerprint density at radius 3 is 2.25 bits per heavy atom. The van der Waals surface area contributed by atoms with Gasteiger partial charge in [0.05, 0.1) is 6.10 Å². The molecule has 0 aliphatic heterocycles. The van der Waals surface area contributed by atoms with E-state index in [4.69, 9.17) is 5.11 Å². The Morgan fingerprint density at radius 2 is 1.88 bits per heavy atom. The van der Waals surface area contributed by atoms with Crippen molar-refractivity contribution in [2.75, 3.05) is 0 Å². The minimum absolute atomic E-state index is 0.132. The minimum Gasteiger partial charge on any atom is -0.392 e. The Bertz CT molecular complexity index is 64.9. The lowest BCUT2D eigenvalue weighted by Gasteiger charge is -2.22. The number of aliphatic hydroxyl groups is 1. The van der Waals surface area contributed by atoms with Crippen molar-refractivity contribution in [3.8, 4) is 0 Å². The summed E-state index contributed by atoms with van der Waals surface area (Å²) in [5.41, 5.74) is 0. The summed E-state index contributed by atoms with van der Waals surface area (Å²) in [7, 11) is 0. The SMILES string of the molecule is OC1CCCCC1S. The molecule has 1 fully saturated rings. The highest BCUT2D eigenvalue weighted by molar-refractivity contribution is 7.81. The number of rotatable bonds is 0. The molecule has 2 unspecified atom stereocenters. The lowest BCUT2D eigenvalue weighted by Crippen LogP contribution is -2.24. The second kappa shape index (κ2) is 2.74. The molecule has 0 aromatic rings. The standard InChI is InChI=1S/C6H12OS/c7-5-3-1-2-4-6(5)8/h5-8H,1-4H2. The highest BCUT2D eigenvalue weighted by Crippen LogP contribution is 2.21. The minimum atomic E-state index is -0.132. The predicted molar refractivity (Wildman–Crippen MR) is 37.2 cm³/mol. The zero-order valence-corrected chi connectivity index (χ0v) is 5.77. The Kier molecular flexibility index (Phi) is 2.20. The van der Waals surface area contributed by atoms with Crippen molar-refractivity contribution in [3.63, 3.8) is 0 Å². The monoisotopic (exact) mass is 132 g/mol. The summed E-state index contributed by atoms with van der Waals surface area (Å²) in [5.74, 6) is 0. The largest absolute Gasteiger partial charge is 0.392 e. The molecule has 0 amide bonds. The molecule has 1 aliphatic carbocycles. The van der Waals surface area contributed by atoms with Crippen LogP contribution in [0.1, 0.15) is 25.7 Å². The highest BCUT2D eigenvalue weighted by Gasteiger charge is 2.18. The van der Waals surface area contributed by atoms with E-state index in [2.05, 4.69) is 12.6 Å². The van der Waals surface area contributed by atoms with Crippen LogP contribution in [-0.2, 0) is 0 Å². The lowest BCUT2D eigenvalue weighted by atomic mass is 9.97. The third-order valence-electron chi connectivity index (χ3n) is 1.69. The van der Waals surface area contributed by atoms with E-state index in [0.717, 1.165) is 12.8 Å². The van der Waals surface area contributed by atoms with Gasteiger partial charge in [0.2, 0.25) is 0 Å². The predicted octanol–water partition coefficient (Wildman–Crippen LogP) is 1.22. The second-order valence-corrected chi connectivity index (χ2v) is 3.08. The third kappa shape index (κ3) is 1.39. The maximum Gasteiger partial charge on any atom is 0.0656 e. The number of hydrogen-bond acceptors (Lipinski definition) is 2. The Hall–Kier alpha value is 0.310. The van der Waals surface area contributed by atoms with Gasteiger partial charge < -0.3 is 5.11 Å². The molecule has 1 rings (SSSR count). The van der Waals surface area contributed by atoms with Gasteiger partial charge in [0.25, 0.3) is 0 Å². The van der Waals surface area contributed by atoms with Crippen LogP contribution in [0.3, 0.4) is 0 Å². The molecule has 0 aromatic heterocycles. The quantitative estimate of drug-likeness (QED) is 0.475. The molecule has 1 saturated carbocycles. The summed E-state index contributed by atoms with van der Waals surface area (Å²) >= 11 is 4.21. The molecule has 1 aliphatic rings. The van der Waals surface area contributed by atoms with Crippen LogP contribution >= 0.6 is 12.6 Å². The zero-order chi connectivity index (χ0) is 5.98. The van der Waals surface area contributed by atoms with Crippen LogP contribution in [0.5, 0.6) is 0 Å². The van der Waals surface area contributed by atoms with Gasteiger partial charge in [-0.1, -0.05) is 12.8 Å². The molecule has 1 N–H and O–H groups in total. The first kappa shape index (κ1) is 6.43. The molecule has 0 saturated heterocycles. The second-order valence-electron chi connectivity index (χ2n) is 2.42. The van der Waals surface area contributed by atoms with E-state index >= 15 is 0 Å². The van der Waals surface area contributed by atoms with Crippen molar-refractivity contribution in [2.45, 2.75) is 37.0 Å². The Labute approximate surface area is 55.5 Å². The van der Waals surface area contributed by atoms with E-state index in [0.29, 0.717) is 0 Å². The maximum atomic E-state index is 9.10. The number of aliphatic hydroxyl groups excluding tert-OH is 1. The van der Waals surface area contributed by atoms with Gasteiger partial charge in [-0.2, -0.15) is 12.6 Å². The highest BCUT2D eigenvalue weighted by atomic mass is 32.1. The Morgan fingerprint density at radius 1 is 1.25 bits per heavy atom. The normalized spacial score (nSPS) is 39.8. The van der Waals surface area contributed by atoms with E-state index in [9.17, 15) is 0 Å². The van der Waals surface area contributed by atoms with Gasteiger partial charge in [-0.25, -0.2) is 0 Å². The van der Waals surface area contributed by atoms with Gasteiger partial charge >= 0.3 is 0 Å². The van der Waals surface area contributed by atoms with Crippen molar-refractivity contribution >= 4 is 12.6 Å². The first-order valence-corrected chi connectivity index (χ1v) is 3.68. The summed E-state index contributed by atoms with van der Waals surface area (Å²) in [5, 5.41) is 9.35. The Balaban J connectivity index is 2.28. The van der Waals surface area contributed by atoms with Crippen LogP contribution < -0.4 is 0 Å². The van der Waals surface area contributed by atoms with Crippen molar-refractivity contribution in [1.29, 1.82) is 0 Å². The van der Waals surface area contributed by atoms with Gasteiger partial charge in [0.15, 0.2) is 0 Å². The summed E-state index contributed by atoms with van der Waals surface area (Å²) in [6, 6.07) is 0. The van der Waals surface area contributed by atoms with Crippen LogP contribution in [0.15, 0.2) is 0 Å². The summed E-state index contributed by atoms with van der Waals surface area (Å²) in [6.45, 7) is 0. The van der Waals surface area contributed by atoms with Crippen molar-refractivity contribution < 1.29 is 5.11 Å². The van der Waals surface area contributed by atoms with E-state index in [-0.39, 0.29) is 11.4 Å². The topological polar surface area (TPSA) is 20.2 Å². The summed E-state index contributed by atoms with van der Waals surface area (Å²) in [6.07, 6.45) is 4.33. The van der Waals surface area contributed by atoms with Crippen LogP contribution in [0.25, 0.3) is 0 Å². The van der Waals surface area contributed by atoms with Gasteiger partial charge in [0.1, 0.15) is 0 Å². The molecule has 8 heavy (non-hydrogen) atoms. The lowest BCUT2D eigenvalue weighted by molar-refractivity contribution is 0.137. The van der Waals surface area contributed by atoms with Gasteiger partial charge in [-0.3, -0.25) is 0 Å². The zero-order valence-electron chi connectivity index (χ0n) is 4.88. The fraction of sp³-hybridized carbons (Fsp3) is 1.00. The average molecular weight is 132 g/mol.